The summed E-state index contributed by atoms with van der Waals surface area (Å²) in [5, 5.41) is 0.851. The van der Waals surface area contributed by atoms with E-state index >= 15 is 0 Å². The van der Waals surface area contributed by atoms with Gasteiger partial charge in [-0.15, -0.1) is 0 Å². The summed E-state index contributed by atoms with van der Waals surface area (Å²) in [5.41, 5.74) is 3.81. The molecule has 1 N–H and O–H groups in total. The monoisotopic (exact) mass is 366 g/mol. The van der Waals surface area contributed by atoms with Crippen molar-refractivity contribution in [2.75, 3.05) is 0 Å². The van der Waals surface area contributed by atoms with Crippen molar-refractivity contribution in [3.05, 3.63) is 106 Å². The van der Waals surface area contributed by atoms with E-state index in [1.807, 2.05) is 61.5 Å². The van der Waals surface area contributed by atoms with E-state index < -0.39 is 5.56 Å². The van der Waals surface area contributed by atoms with Crippen LogP contribution < -0.4 is 5.56 Å². The van der Waals surface area contributed by atoms with E-state index in [1.54, 1.807) is 24.5 Å². The van der Waals surface area contributed by atoms with Crippen LogP contribution in [-0.4, -0.2) is 15.8 Å². The van der Waals surface area contributed by atoms with Gasteiger partial charge in [0.25, 0.3) is 5.56 Å². The Labute approximate surface area is 162 Å². The smallest absolute Gasteiger partial charge is 0.260 e. The Bertz CT molecular complexity index is 1240. The number of nitrogens with one attached hydrogen (secondary N) is 1. The van der Waals surface area contributed by atoms with E-state index in [0.717, 1.165) is 22.1 Å². The molecule has 2 aromatic heterocycles. The van der Waals surface area contributed by atoms with Gasteiger partial charge in [0.05, 0.1) is 5.56 Å². The van der Waals surface area contributed by atoms with Gasteiger partial charge in [-0.1, -0.05) is 48.0 Å². The van der Waals surface area contributed by atoms with Crippen molar-refractivity contribution >= 4 is 22.8 Å². The number of carbonyl (C=O) groups excluding carboxylic acids is 1. The molecule has 28 heavy (non-hydrogen) atoms. The molecular weight excluding hydrogens is 348 g/mol. The van der Waals surface area contributed by atoms with Crippen LogP contribution in [-0.2, 0) is 0 Å². The molecule has 0 fully saturated rings. The summed E-state index contributed by atoms with van der Waals surface area (Å²) < 4.78 is 0. The number of aryl methyl sites for hydroxylation is 1. The van der Waals surface area contributed by atoms with Crippen molar-refractivity contribution in [1.82, 2.24) is 9.97 Å². The molecule has 0 amide bonds. The molecule has 2 aromatic carbocycles. The van der Waals surface area contributed by atoms with Crippen LogP contribution in [0, 0.1) is 6.92 Å². The number of ketones is 1. The Balaban J connectivity index is 1.95. The minimum Gasteiger partial charge on any atom is -0.321 e. The molecule has 0 spiro atoms. The summed E-state index contributed by atoms with van der Waals surface area (Å²) in [4.78, 5) is 32.8. The van der Waals surface area contributed by atoms with E-state index in [1.165, 1.54) is 6.08 Å². The molecule has 0 aliphatic rings. The van der Waals surface area contributed by atoms with E-state index in [0.29, 0.717) is 11.1 Å². The quantitative estimate of drug-likeness (QED) is 0.417. The third kappa shape index (κ3) is 3.40. The molecule has 0 saturated heterocycles. The number of allylic oxidation sites excluding steroid dienone is 1. The molecule has 136 valence electrons. The second-order valence-corrected chi connectivity index (χ2v) is 6.60. The topological polar surface area (TPSA) is 62.8 Å². The third-order valence-electron chi connectivity index (χ3n) is 4.59. The summed E-state index contributed by atoms with van der Waals surface area (Å²) >= 11 is 0. The predicted molar refractivity (Wildman–Crippen MR) is 112 cm³/mol. The number of pyridine rings is 2. The van der Waals surface area contributed by atoms with Crippen LogP contribution in [0.5, 0.6) is 0 Å². The normalized spacial score (nSPS) is 11.2. The van der Waals surface area contributed by atoms with Gasteiger partial charge in [0.1, 0.15) is 0 Å². The lowest BCUT2D eigenvalue weighted by Gasteiger charge is -2.12. The first-order valence-corrected chi connectivity index (χ1v) is 8.98. The number of fused-ring (bicyclic) bond motifs is 1. The van der Waals surface area contributed by atoms with Gasteiger partial charge in [-0.2, -0.15) is 0 Å². The molecule has 0 saturated carbocycles. The number of hydrogen-bond acceptors (Lipinski definition) is 3. The van der Waals surface area contributed by atoms with Crippen molar-refractivity contribution in [2.24, 2.45) is 0 Å². The number of benzene rings is 2. The highest BCUT2D eigenvalue weighted by Gasteiger charge is 2.19. The first-order chi connectivity index (χ1) is 13.6. The molecule has 4 heteroatoms. The number of hydrogen-bond donors (Lipinski definition) is 1. The van der Waals surface area contributed by atoms with Gasteiger partial charge < -0.3 is 4.98 Å². The van der Waals surface area contributed by atoms with Gasteiger partial charge >= 0.3 is 0 Å². The van der Waals surface area contributed by atoms with Crippen molar-refractivity contribution < 1.29 is 4.79 Å². The fourth-order valence-corrected chi connectivity index (χ4v) is 3.28. The highest BCUT2D eigenvalue weighted by atomic mass is 16.1. The zero-order valence-electron chi connectivity index (χ0n) is 15.3. The highest BCUT2D eigenvalue weighted by Crippen LogP contribution is 2.30. The maximum atomic E-state index is 13.0. The Morgan fingerprint density at radius 2 is 1.86 bits per heavy atom. The average Bonchev–Trinajstić information content (AvgIpc) is 2.73. The Morgan fingerprint density at radius 1 is 1.04 bits per heavy atom. The molecule has 0 unspecified atom stereocenters. The first kappa shape index (κ1) is 17.6. The molecule has 4 aromatic rings. The second kappa shape index (κ2) is 7.45. The molecule has 0 bridgehead atoms. The lowest BCUT2D eigenvalue weighted by molar-refractivity contribution is 0.104. The lowest BCUT2D eigenvalue weighted by atomic mass is 9.93. The van der Waals surface area contributed by atoms with Crippen molar-refractivity contribution in [1.29, 1.82) is 0 Å². The Kier molecular flexibility index (Phi) is 4.68. The molecule has 4 rings (SSSR count). The van der Waals surface area contributed by atoms with Crippen LogP contribution in [0.3, 0.4) is 0 Å². The minimum atomic E-state index is -0.393. The second-order valence-electron chi connectivity index (χ2n) is 6.60. The van der Waals surface area contributed by atoms with Crippen LogP contribution in [0.4, 0.5) is 0 Å². The largest absolute Gasteiger partial charge is 0.321 e. The molecule has 4 nitrogen and oxygen atoms in total. The number of rotatable bonds is 4. The van der Waals surface area contributed by atoms with Gasteiger partial charge in [-0.25, -0.2) is 0 Å². The van der Waals surface area contributed by atoms with Crippen LogP contribution in [0.25, 0.3) is 28.1 Å². The summed E-state index contributed by atoms with van der Waals surface area (Å²) in [6.45, 7) is 1.99. The zero-order chi connectivity index (χ0) is 19.5. The van der Waals surface area contributed by atoms with Gasteiger partial charge in [-0.3, -0.25) is 14.6 Å². The van der Waals surface area contributed by atoms with Gasteiger partial charge in [0.15, 0.2) is 5.78 Å². The molecule has 0 radical (unpaired) electrons. The van der Waals surface area contributed by atoms with Crippen LogP contribution in [0.2, 0.25) is 0 Å². The maximum absolute atomic E-state index is 13.0. The van der Waals surface area contributed by atoms with Crippen LogP contribution in [0.15, 0.2) is 83.9 Å². The van der Waals surface area contributed by atoms with Crippen molar-refractivity contribution in [3.8, 4) is 11.1 Å². The van der Waals surface area contributed by atoms with E-state index in [-0.39, 0.29) is 11.3 Å². The minimum absolute atomic E-state index is 0.143. The molecule has 2 heterocycles. The maximum Gasteiger partial charge on any atom is 0.260 e. The summed E-state index contributed by atoms with van der Waals surface area (Å²) in [7, 11) is 0. The number of carbonyl (C=O) groups is 1. The standard InChI is InChI=1S/C24H18N2O2/c1-16-9-11-20-19(14-16)22(18-7-3-2-4-8-18)23(24(28)26-20)21(27)12-10-17-6-5-13-25-15-17/h2-15H,1H3,(H,26,28)/b12-10+. The van der Waals surface area contributed by atoms with E-state index in [2.05, 4.69) is 9.97 Å². The van der Waals surface area contributed by atoms with Crippen LogP contribution in [0.1, 0.15) is 21.5 Å². The van der Waals surface area contributed by atoms with E-state index in [4.69, 9.17) is 0 Å². The lowest BCUT2D eigenvalue weighted by Crippen LogP contribution is -2.18. The van der Waals surface area contributed by atoms with Crippen molar-refractivity contribution in [3.63, 3.8) is 0 Å². The number of aromatic amines is 1. The van der Waals surface area contributed by atoms with Gasteiger partial charge in [0.2, 0.25) is 0 Å². The fraction of sp³-hybridized carbons (Fsp3) is 0.0417. The highest BCUT2D eigenvalue weighted by molar-refractivity contribution is 6.15. The predicted octanol–water partition coefficient (Wildman–Crippen LogP) is 4.79. The summed E-state index contributed by atoms with van der Waals surface area (Å²) in [6, 6.07) is 19.0. The zero-order valence-corrected chi connectivity index (χ0v) is 15.3. The van der Waals surface area contributed by atoms with Crippen LogP contribution >= 0.6 is 0 Å². The third-order valence-corrected chi connectivity index (χ3v) is 4.59. The first-order valence-electron chi connectivity index (χ1n) is 8.98. The summed E-state index contributed by atoms with van der Waals surface area (Å²) in [6.07, 6.45) is 6.43. The Morgan fingerprint density at radius 3 is 2.61 bits per heavy atom. The molecule has 0 aliphatic carbocycles. The Hall–Kier alpha value is -3.79. The van der Waals surface area contributed by atoms with Gasteiger partial charge in [-0.05, 0) is 48.4 Å². The number of H-pyrrole nitrogens is 1. The molecule has 0 atom stereocenters. The van der Waals surface area contributed by atoms with Gasteiger partial charge in [0, 0.05) is 28.9 Å². The molecular formula is C24H18N2O2. The SMILES string of the molecule is Cc1ccc2[nH]c(=O)c(C(=O)/C=C/c3cccnc3)c(-c3ccccc3)c2c1. The average molecular weight is 366 g/mol. The number of aromatic nitrogens is 2. The summed E-state index contributed by atoms with van der Waals surface area (Å²) in [5.74, 6) is -0.340. The van der Waals surface area contributed by atoms with E-state index in [9.17, 15) is 9.59 Å². The molecule has 0 aliphatic heterocycles. The van der Waals surface area contributed by atoms with Crippen molar-refractivity contribution in [2.45, 2.75) is 6.92 Å². The number of nitrogens with zero attached hydrogens (tertiary/aromatic N) is 1. The fourth-order valence-electron chi connectivity index (χ4n) is 3.28.